The van der Waals surface area contributed by atoms with Gasteiger partial charge in [0.2, 0.25) is 0 Å². The lowest BCUT2D eigenvalue weighted by atomic mass is 10.0. The summed E-state index contributed by atoms with van der Waals surface area (Å²) in [5.41, 5.74) is 0. The van der Waals surface area contributed by atoms with Crippen molar-refractivity contribution in [3.05, 3.63) is 0 Å². The first kappa shape index (κ1) is 16.9. The molecule has 1 N–H and O–H groups in total. The molecular formula is C16H35N3. The van der Waals surface area contributed by atoms with Gasteiger partial charge in [-0.25, -0.2) is 0 Å². The first-order valence-electron chi connectivity index (χ1n) is 8.19. The minimum absolute atomic E-state index is 0.776. The van der Waals surface area contributed by atoms with Crippen molar-refractivity contribution in [1.29, 1.82) is 0 Å². The van der Waals surface area contributed by atoms with Crippen LogP contribution in [0.3, 0.4) is 0 Å². The molecule has 0 radical (unpaired) electrons. The van der Waals surface area contributed by atoms with Crippen molar-refractivity contribution in [2.75, 3.05) is 46.8 Å². The minimum Gasteiger partial charge on any atom is -0.316 e. The maximum absolute atomic E-state index is 3.52. The second-order valence-corrected chi connectivity index (χ2v) is 6.70. The molecular weight excluding hydrogens is 234 g/mol. The molecule has 114 valence electrons. The summed E-state index contributed by atoms with van der Waals surface area (Å²) in [6, 6.07) is 0.816. The Morgan fingerprint density at radius 2 is 1.79 bits per heavy atom. The Hall–Kier alpha value is -0.120. The first-order chi connectivity index (χ1) is 9.09. The van der Waals surface area contributed by atoms with Crippen molar-refractivity contribution in [1.82, 2.24) is 15.1 Å². The second kappa shape index (κ2) is 9.73. The summed E-state index contributed by atoms with van der Waals surface area (Å²) in [5, 5.41) is 3.52. The molecule has 0 aromatic heterocycles. The van der Waals surface area contributed by atoms with E-state index < -0.39 is 0 Å². The third kappa shape index (κ3) is 7.91. The van der Waals surface area contributed by atoms with E-state index in [4.69, 9.17) is 0 Å². The van der Waals surface area contributed by atoms with Gasteiger partial charge >= 0.3 is 0 Å². The highest BCUT2D eigenvalue weighted by Gasteiger charge is 2.19. The van der Waals surface area contributed by atoms with Crippen LogP contribution in [0.2, 0.25) is 0 Å². The van der Waals surface area contributed by atoms with Crippen molar-refractivity contribution >= 4 is 0 Å². The molecule has 0 aromatic rings. The number of hydrogen-bond donors (Lipinski definition) is 1. The third-order valence-corrected chi connectivity index (χ3v) is 4.17. The van der Waals surface area contributed by atoms with Crippen LogP contribution in [-0.2, 0) is 0 Å². The van der Waals surface area contributed by atoms with E-state index in [1.807, 2.05) is 0 Å². The van der Waals surface area contributed by atoms with Gasteiger partial charge in [-0.2, -0.15) is 0 Å². The van der Waals surface area contributed by atoms with E-state index in [-0.39, 0.29) is 0 Å². The average Bonchev–Trinajstić information content (AvgIpc) is 2.38. The summed E-state index contributed by atoms with van der Waals surface area (Å²) in [4.78, 5) is 5.04. The Balaban J connectivity index is 1.91. The Kier molecular flexibility index (Phi) is 8.67. The molecule has 0 atom stereocenters. The van der Waals surface area contributed by atoms with Crippen molar-refractivity contribution in [3.63, 3.8) is 0 Å². The van der Waals surface area contributed by atoms with Crippen LogP contribution in [0.25, 0.3) is 0 Å². The molecule has 0 aliphatic carbocycles. The smallest absolute Gasteiger partial charge is 0.0113 e. The SMILES string of the molecule is CC(C)CNCCCCCN1CCC(N(C)C)CC1. The third-order valence-electron chi connectivity index (χ3n) is 4.17. The van der Waals surface area contributed by atoms with E-state index in [0.29, 0.717) is 0 Å². The molecule has 0 unspecified atom stereocenters. The van der Waals surface area contributed by atoms with Crippen molar-refractivity contribution in [2.24, 2.45) is 5.92 Å². The fraction of sp³-hybridized carbons (Fsp3) is 1.00. The van der Waals surface area contributed by atoms with E-state index in [9.17, 15) is 0 Å². The van der Waals surface area contributed by atoms with Gasteiger partial charge in [-0.15, -0.1) is 0 Å². The Morgan fingerprint density at radius 1 is 1.11 bits per heavy atom. The maximum atomic E-state index is 3.52. The fourth-order valence-corrected chi connectivity index (χ4v) is 2.81. The molecule has 0 saturated carbocycles. The zero-order chi connectivity index (χ0) is 14.1. The number of rotatable bonds is 9. The topological polar surface area (TPSA) is 18.5 Å². The standard InChI is InChI=1S/C16H35N3/c1-15(2)14-17-10-6-5-7-11-19-12-8-16(9-13-19)18(3)4/h15-17H,5-14H2,1-4H3. The summed E-state index contributed by atoms with van der Waals surface area (Å²) in [5.74, 6) is 0.776. The molecule has 0 amide bonds. The number of piperidine rings is 1. The maximum Gasteiger partial charge on any atom is 0.0113 e. The lowest BCUT2D eigenvalue weighted by molar-refractivity contribution is 0.143. The van der Waals surface area contributed by atoms with Gasteiger partial charge in [0.1, 0.15) is 0 Å². The Morgan fingerprint density at radius 3 is 2.37 bits per heavy atom. The highest BCUT2D eigenvalue weighted by atomic mass is 15.2. The summed E-state index contributed by atoms with van der Waals surface area (Å²) >= 11 is 0. The monoisotopic (exact) mass is 269 g/mol. The molecule has 1 aliphatic heterocycles. The molecule has 1 fully saturated rings. The second-order valence-electron chi connectivity index (χ2n) is 6.70. The van der Waals surface area contributed by atoms with Gasteiger partial charge in [-0.3, -0.25) is 0 Å². The van der Waals surface area contributed by atoms with Crippen molar-refractivity contribution < 1.29 is 0 Å². The average molecular weight is 269 g/mol. The quantitative estimate of drug-likeness (QED) is 0.649. The first-order valence-corrected chi connectivity index (χ1v) is 8.19. The normalized spacial score (nSPS) is 18.6. The highest BCUT2D eigenvalue weighted by Crippen LogP contribution is 2.14. The number of unbranched alkanes of at least 4 members (excludes halogenated alkanes) is 2. The van der Waals surface area contributed by atoms with E-state index >= 15 is 0 Å². The highest BCUT2D eigenvalue weighted by molar-refractivity contribution is 4.76. The zero-order valence-electron chi connectivity index (χ0n) is 13.6. The predicted octanol–water partition coefficient (Wildman–Crippen LogP) is 2.43. The van der Waals surface area contributed by atoms with Gasteiger partial charge in [-0.1, -0.05) is 20.3 Å². The lowest BCUT2D eigenvalue weighted by Crippen LogP contribution is -2.42. The minimum atomic E-state index is 0.776. The van der Waals surface area contributed by atoms with Gasteiger partial charge < -0.3 is 15.1 Å². The van der Waals surface area contributed by atoms with Crippen LogP contribution in [-0.4, -0.2) is 62.7 Å². The van der Waals surface area contributed by atoms with Crippen LogP contribution >= 0.6 is 0 Å². The predicted molar refractivity (Wildman–Crippen MR) is 84.7 cm³/mol. The van der Waals surface area contributed by atoms with E-state index in [0.717, 1.165) is 18.5 Å². The molecule has 0 bridgehead atoms. The van der Waals surface area contributed by atoms with Gasteiger partial charge in [0.15, 0.2) is 0 Å². The van der Waals surface area contributed by atoms with E-state index in [1.165, 1.54) is 58.3 Å². The number of hydrogen-bond acceptors (Lipinski definition) is 3. The Labute approximate surface area is 120 Å². The molecule has 0 aromatic carbocycles. The van der Waals surface area contributed by atoms with Crippen LogP contribution in [0.5, 0.6) is 0 Å². The summed E-state index contributed by atoms with van der Waals surface area (Å²) in [6.07, 6.45) is 6.78. The van der Waals surface area contributed by atoms with Gasteiger partial charge in [-0.05, 0) is 78.4 Å². The van der Waals surface area contributed by atoms with E-state index in [2.05, 4.69) is 43.1 Å². The molecule has 1 heterocycles. The zero-order valence-corrected chi connectivity index (χ0v) is 13.6. The summed E-state index contributed by atoms with van der Waals surface area (Å²) in [7, 11) is 4.43. The molecule has 19 heavy (non-hydrogen) atoms. The van der Waals surface area contributed by atoms with Crippen LogP contribution in [0.1, 0.15) is 46.0 Å². The molecule has 1 rings (SSSR count). The van der Waals surface area contributed by atoms with Crippen LogP contribution in [0, 0.1) is 5.92 Å². The van der Waals surface area contributed by atoms with Gasteiger partial charge in [0, 0.05) is 6.04 Å². The number of nitrogens with one attached hydrogen (secondary N) is 1. The van der Waals surface area contributed by atoms with E-state index in [1.54, 1.807) is 0 Å². The van der Waals surface area contributed by atoms with Crippen molar-refractivity contribution in [2.45, 2.75) is 52.0 Å². The largest absolute Gasteiger partial charge is 0.316 e. The number of likely N-dealkylation sites (tertiary alicyclic amines) is 1. The number of nitrogens with zero attached hydrogens (tertiary/aromatic N) is 2. The van der Waals surface area contributed by atoms with Gasteiger partial charge in [0.05, 0.1) is 0 Å². The molecule has 1 saturated heterocycles. The molecule has 1 aliphatic rings. The lowest BCUT2D eigenvalue weighted by Gasteiger charge is -2.35. The summed E-state index contributed by atoms with van der Waals surface area (Å²) < 4.78 is 0. The fourth-order valence-electron chi connectivity index (χ4n) is 2.81. The van der Waals surface area contributed by atoms with Crippen LogP contribution in [0.15, 0.2) is 0 Å². The molecule has 3 heteroatoms. The summed E-state index contributed by atoms with van der Waals surface area (Å²) in [6.45, 7) is 10.8. The Bertz CT molecular complexity index is 208. The molecule has 3 nitrogen and oxygen atoms in total. The van der Waals surface area contributed by atoms with Gasteiger partial charge in [0.25, 0.3) is 0 Å². The molecule has 0 spiro atoms. The van der Waals surface area contributed by atoms with Crippen LogP contribution < -0.4 is 5.32 Å². The van der Waals surface area contributed by atoms with Crippen LogP contribution in [0.4, 0.5) is 0 Å². The van der Waals surface area contributed by atoms with Crippen molar-refractivity contribution in [3.8, 4) is 0 Å².